The van der Waals surface area contributed by atoms with Crippen molar-refractivity contribution in [3.8, 4) is 0 Å². The van der Waals surface area contributed by atoms with Crippen molar-refractivity contribution in [1.82, 2.24) is 0 Å². The van der Waals surface area contributed by atoms with E-state index in [4.69, 9.17) is 0 Å². The summed E-state index contributed by atoms with van der Waals surface area (Å²) < 4.78 is 56.0. The summed E-state index contributed by atoms with van der Waals surface area (Å²) in [4.78, 5) is -3.83. The maximum Gasteiger partial charge on any atom is 0.395 e. The molecule has 0 saturated heterocycles. The molecule has 0 aromatic rings. The Kier molecular flexibility index (Phi) is 2.43. The van der Waals surface area contributed by atoms with E-state index in [0.717, 1.165) is 0 Å². The van der Waals surface area contributed by atoms with Crippen LogP contribution in [0, 0.1) is 0 Å². The highest BCUT2D eigenvalue weighted by Crippen LogP contribution is 2.35. The van der Waals surface area contributed by atoms with Gasteiger partial charge >= 0.3 is 11.0 Å². The zero-order valence-electron chi connectivity index (χ0n) is 3.97. The minimum Gasteiger partial charge on any atom is -0.193 e. The summed E-state index contributed by atoms with van der Waals surface area (Å²) in [5.41, 5.74) is 0. The minimum atomic E-state index is -4.81. The second kappa shape index (κ2) is 2.40. The van der Waals surface area contributed by atoms with Gasteiger partial charge in [-0.1, -0.05) is 0 Å². The van der Waals surface area contributed by atoms with Gasteiger partial charge in [-0.3, -0.25) is 0 Å². The third-order valence-corrected chi connectivity index (χ3v) is 0.681. The molecule has 0 spiro atoms. The van der Waals surface area contributed by atoms with Crippen molar-refractivity contribution >= 4 is 15.9 Å². The molecule has 0 aliphatic rings. The molecule has 0 nitrogen and oxygen atoms in total. The van der Waals surface area contributed by atoms with E-state index >= 15 is 0 Å². The maximum atomic E-state index is 11.4. The Bertz CT molecular complexity index is 77.4. The third-order valence-electron chi connectivity index (χ3n) is 0.401. The van der Waals surface area contributed by atoms with E-state index in [9.17, 15) is 22.0 Å². The number of hydrogen-bond acceptors (Lipinski definition) is 0. The van der Waals surface area contributed by atoms with Crippen molar-refractivity contribution in [2.75, 3.05) is 0 Å². The number of hydrogen-bond donors (Lipinski definition) is 0. The van der Waals surface area contributed by atoms with Crippen LogP contribution in [0.1, 0.15) is 6.42 Å². The van der Waals surface area contributed by atoms with Crippen LogP contribution < -0.4 is 0 Å². The van der Waals surface area contributed by atoms with Gasteiger partial charge in [0.05, 0.1) is 0 Å². The molecular weight excluding hydrogens is 211 g/mol. The van der Waals surface area contributed by atoms with E-state index in [0.29, 0.717) is 0 Å². The van der Waals surface area contributed by atoms with Crippen LogP contribution in [0.3, 0.4) is 0 Å². The second-order valence-corrected chi connectivity index (χ2v) is 2.57. The summed E-state index contributed by atoms with van der Waals surface area (Å²) in [5.74, 6) is 0. The van der Waals surface area contributed by atoms with E-state index in [1.54, 1.807) is 15.9 Å². The molecule has 0 aromatic carbocycles. The lowest BCUT2D eigenvalue weighted by atomic mass is 10.4. The second-order valence-electron chi connectivity index (χ2n) is 1.41. The van der Waals surface area contributed by atoms with Crippen molar-refractivity contribution < 1.29 is 22.0 Å². The lowest BCUT2D eigenvalue weighted by molar-refractivity contribution is -0.163. The Morgan fingerprint density at radius 2 is 1.33 bits per heavy atom. The summed E-state index contributed by atoms with van der Waals surface area (Å²) >= 11 is 1.56. The molecule has 0 aliphatic heterocycles. The van der Waals surface area contributed by atoms with Gasteiger partial charge in [0, 0.05) is 0 Å². The summed E-state index contributed by atoms with van der Waals surface area (Å²) in [5, 5.41) is 0. The maximum absolute atomic E-state index is 11.4. The van der Waals surface area contributed by atoms with Crippen LogP contribution in [0.25, 0.3) is 0 Å². The summed E-state index contributed by atoms with van der Waals surface area (Å²) in [7, 11) is 0. The first-order valence-electron chi connectivity index (χ1n) is 1.84. The van der Waals surface area contributed by atoms with Crippen LogP contribution in [0.2, 0.25) is 0 Å². The highest BCUT2D eigenvalue weighted by Gasteiger charge is 2.41. The zero-order chi connectivity index (χ0) is 7.71. The molecule has 0 N–H and O–H groups in total. The van der Waals surface area contributed by atoms with Crippen molar-refractivity contribution in [2.45, 2.75) is 17.4 Å². The van der Waals surface area contributed by atoms with Gasteiger partial charge in [-0.05, 0) is 15.9 Å². The molecule has 0 aromatic heterocycles. The van der Waals surface area contributed by atoms with Crippen LogP contribution in [-0.2, 0) is 0 Å². The van der Waals surface area contributed by atoms with Gasteiger partial charge in [-0.15, -0.1) is 0 Å². The fourth-order valence-electron chi connectivity index (χ4n) is 0.227. The van der Waals surface area contributed by atoms with Gasteiger partial charge in [0.25, 0.3) is 0 Å². The first-order chi connectivity index (χ1) is 3.71. The fraction of sp³-hybridized carbons (Fsp3) is 1.00. The van der Waals surface area contributed by atoms with Gasteiger partial charge in [-0.2, -0.15) is 22.0 Å². The predicted octanol–water partition coefficient (Wildman–Crippen LogP) is 2.93. The Hall–Kier alpha value is 0.130. The molecule has 0 bridgehead atoms. The molecule has 9 heavy (non-hydrogen) atoms. The topological polar surface area (TPSA) is 0 Å². The van der Waals surface area contributed by atoms with E-state index in [2.05, 4.69) is 0 Å². The molecule has 0 rings (SSSR count). The molecule has 0 unspecified atom stereocenters. The molecule has 0 amide bonds. The number of halogens is 6. The van der Waals surface area contributed by atoms with Crippen molar-refractivity contribution in [2.24, 2.45) is 0 Å². The van der Waals surface area contributed by atoms with Crippen LogP contribution in [0.4, 0.5) is 22.0 Å². The summed E-state index contributed by atoms with van der Waals surface area (Å²) in [6.45, 7) is 0. The smallest absolute Gasteiger partial charge is 0.193 e. The molecule has 0 aliphatic carbocycles. The molecular formula is C3H2BrF5. The summed E-state index contributed by atoms with van der Waals surface area (Å²) in [6.07, 6.45) is -6.94. The highest BCUT2D eigenvalue weighted by atomic mass is 79.9. The molecule has 6 heteroatoms. The van der Waals surface area contributed by atoms with Crippen LogP contribution in [0.15, 0.2) is 0 Å². The SMILES string of the molecule is FC(F)(F)CC(F)(F)Br. The van der Waals surface area contributed by atoms with E-state index < -0.39 is 17.4 Å². The average molecular weight is 213 g/mol. The van der Waals surface area contributed by atoms with Crippen molar-refractivity contribution in [3.63, 3.8) is 0 Å². The van der Waals surface area contributed by atoms with E-state index in [-0.39, 0.29) is 0 Å². The Balaban J connectivity index is 3.75. The number of rotatable bonds is 1. The van der Waals surface area contributed by atoms with Crippen LogP contribution in [0.5, 0.6) is 0 Å². The predicted molar refractivity (Wildman–Crippen MR) is 24.5 cm³/mol. The van der Waals surface area contributed by atoms with Crippen molar-refractivity contribution in [1.29, 1.82) is 0 Å². The molecule has 0 fully saturated rings. The molecule has 0 saturated carbocycles. The van der Waals surface area contributed by atoms with Crippen LogP contribution >= 0.6 is 15.9 Å². The monoisotopic (exact) mass is 212 g/mol. The average Bonchev–Trinajstić information content (AvgIpc) is 1.14. The van der Waals surface area contributed by atoms with Gasteiger partial charge in [-0.25, -0.2) is 0 Å². The first kappa shape index (κ1) is 9.13. The minimum absolute atomic E-state index is 1.56. The Morgan fingerprint density at radius 1 is 1.00 bits per heavy atom. The summed E-state index contributed by atoms with van der Waals surface area (Å²) in [6, 6.07) is 0. The van der Waals surface area contributed by atoms with Gasteiger partial charge < -0.3 is 0 Å². The fourth-order valence-corrected chi connectivity index (χ4v) is 0.545. The largest absolute Gasteiger partial charge is 0.395 e. The quantitative estimate of drug-likeness (QED) is 0.464. The Labute approximate surface area is 56.2 Å². The van der Waals surface area contributed by atoms with Gasteiger partial charge in [0.1, 0.15) is 6.42 Å². The lowest BCUT2D eigenvalue weighted by Crippen LogP contribution is -2.19. The third kappa shape index (κ3) is 8.13. The molecule has 0 atom stereocenters. The standard InChI is InChI=1S/C3H2BrF5/c4-2(5,6)1-3(7,8)9/h1H2. The Morgan fingerprint density at radius 3 is 1.33 bits per heavy atom. The van der Waals surface area contributed by atoms with Crippen LogP contribution in [-0.4, -0.2) is 11.0 Å². The van der Waals surface area contributed by atoms with Gasteiger partial charge in [0.15, 0.2) is 0 Å². The first-order valence-corrected chi connectivity index (χ1v) is 2.63. The van der Waals surface area contributed by atoms with E-state index in [1.165, 1.54) is 0 Å². The zero-order valence-corrected chi connectivity index (χ0v) is 5.56. The lowest BCUT2D eigenvalue weighted by Gasteiger charge is -2.09. The van der Waals surface area contributed by atoms with Crippen molar-refractivity contribution in [3.05, 3.63) is 0 Å². The van der Waals surface area contributed by atoms with Gasteiger partial charge in [0.2, 0.25) is 0 Å². The van der Waals surface area contributed by atoms with E-state index in [1.807, 2.05) is 0 Å². The highest BCUT2D eigenvalue weighted by molar-refractivity contribution is 9.09. The molecule has 0 heterocycles. The molecule has 0 radical (unpaired) electrons. The molecule has 56 valence electrons. The number of alkyl halides is 6. The normalized spacial score (nSPS) is 14.0.